The van der Waals surface area contributed by atoms with Gasteiger partial charge in [0.2, 0.25) is 0 Å². The lowest BCUT2D eigenvalue weighted by Crippen LogP contribution is -2.05. The Balaban J connectivity index is 1.54. The zero-order chi connectivity index (χ0) is 25.2. The third-order valence-corrected chi connectivity index (χ3v) is 6.74. The second-order valence-corrected chi connectivity index (χ2v) is 9.68. The monoisotopic (exact) mass is 473 g/mol. The minimum Gasteiger partial charge on any atom is -0.334 e. The SMILES string of the molecule is CCCc1nc2c(C)cc(-c3cn(C(C)C)cn3)cc2n1Cc1ccc(-c2ccccc2C#N)cc1. The maximum atomic E-state index is 9.48. The molecule has 2 aromatic heterocycles. The molecule has 0 aliphatic carbocycles. The molecule has 0 fully saturated rings. The number of nitriles is 1. The number of hydrogen-bond donors (Lipinski definition) is 0. The Labute approximate surface area is 212 Å². The summed E-state index contributed by atoms with van der Waals surface area (Å²) in [6.07, 6.45) is 6.00. The molecular formula is C31H31N5. The topological polar surface area (TPSA) is 59.4 Å². The molecule has 2 heterocycles. The van der Waals surface area contributed by atoms with E-state index in [-0.39, 0.29) is 0 Å². The number of aryl methyl sites for hydroxylation is 2. The molecule has 0 spiro atoms. The van der Waals surface area contributed by atoms with Gasteiger partial charge in [0.15, 0.2) is 0 Å². The number of aromatic nitrogens is 4. The van der Waals surface area contributed by atoms with Gasteiger partial charge >= 0.3 is 0 Å². The van der Waals surface area contributed by atoms with Gasteiger partial charge in [-0.1, -0.05) is 49.4 Å². The predicted molar refractivity (Wildman–Crippen MR) is 146 cm³/mol. The van der Waals surface area contributed by atoms with E-state index in [2.05, 4.69) is 90.5 Å². The Morgan fingerprint density at radius 1 is 1.00 bits per heavy atom. The molecule has 0 radical (unpaired) electrons. The van der Waals surface area contributed by atoms with Crippen LogP contribution in [0.5, 0.6) is 0 Å². The molecule has 180 valence electrons. The van der Waals surface area contributed by atoms with E-state index in [9.17, 15) is 5.26 Å². The molecule has 5 heteroatoms. The highest BCUT2D eigenvalue weighted by Crippen LogP contribution is 2.30. The highest BCUT2D eigenvalue weighted by Gasteiger charge is 2.16. The van der Waals surface area contributed by atoms with Gasteiger partial charge in [0.1, 0.15) is 5.82 Å². The fourth-order valence-corrected chi connectivity index (χ4v) is 4.75. The van der Waals surface area contributed by atoms with Crippen LogP contribution < -0.4 is 0 Å². The van der Waals surface area contributed by atoms with Crippen LogP contribution in [0.4, 0.5) is 0 Å². The summed E-state index contributed by atoms with van der Waals surface area (Å²) in [6, 6.07) is 23.4. The summed E-state index contributed by atoms with van der Waals surface area (Å²) in [6.45, 7) is 9.41. The number of fused-ring (bicyclic) bond motifs is 1. The zero-order valence-electron chi connectivity index (χ0n) is 21.4. The smallest absolute Gasteiger partial charge is 0.110 e. The third kappa shape index (κ3) is 4.43. The summed E-state index contributed by atoms with van der Waals surface area (Å²) in [7, 11) is 0. The summed E-state index contributed by atoms with van der Waals surface area (Å²) in [5, 5.41) is 9.48. The lowest BCUT2D eigenvalue weighted by atomic mass is 9.99. The fraction of sp³-hybridized carbons (Fsp3) is 0.258. The number of rotatable bonds is 7. The van der Waals surface area contributed by atoms with E-state index in [0.717, 1.165) is 58.6 Å². The van der Waals surface area contributed by atoms with Gasteiger partial charge in [-0.3, -0.25) is 0 Å². The lowest BCUT2D eigenvalue weighted by Gasteiger charge is -2.11. The molecule has 0 unspecified atom stereocenters. The van der Waals surface area contributed by atoms with Crippen molar-refractivity contribution in [1.29, 1.82) is 5.26 Å². The first kappa shape index (κ1) is 23.6. The lowest BCUT2D eigenvalue weighted by molar-refractivity contribution is 0.600. The van der Waals surface area contributed by atoms with Crippen molar-refractivity contribution in [2.24, 2.45) is 0 Å². The molecule has 5 rings (SSSR count). The average Bonchev–Trinajstić information content (AvgIpc) is 3.51. The Hall–Kier alpha value is -4.17. The summed E-state index contributed by atoms with van der Waals surface area (Å²) < 4.78 is 4.49. The minimum absolute atomic E-state index is 0.376. The van der Waals surface area contributed by atoms with Gasteiger partial charge in [0, 0.05) is 30.8 Å². The van der Waals surface area contributed by atoms with E-state index >= 15 is 0 Å². The first-order valence-electron chi connectivity index (χ1n) is 12.6. The van der Waals surface area contributed by atoms with E-state index in [0.29, 0.717) is 11.6 Å². The van der Waals surface area contributed by atoms with Gasteiger partial charge in [0.25, 0.3) is 0 Å². The second-order valence-electron chi connectivity index (χ2n) is 9.68. The van der Waals surface area contributed by atoms with Crippen molar-refractivity contribution in [1.82, 2.24) is 19.1 Å². The van der Waals surface area contributed by atoms with E-state index in [1.165, 1.54) is 11.1 Å². The van der Waals surface area contributed by atoms with Crippen LogP contribution in [0.25, 0.3) is 33.4 Å². The fourth-order valence-electron chi connectivity index (χ4n) is 4.75. The summed E-state index contributed by atoms with van der Waals surface area (Å²) >= 11 is 0. The van der Waals surface area contributed by atoms with E-state index in [1.54, 1.807) is 0 Å². The van der Waals surface area contributed by atoms with Crippen molar-refractivity contribution in [2.75, 3.05) is 0 Å². The first-order valence-corrected chi connectivity index (χ1v) is 12.6. The quantitative estimate of drug-likeness (QED) is 0.249. The van der Waals surface area contributed by atoms with Gasteiger partial charge in [0.05, 0.1) is 34.7 Å². The minimum atomic E-state index is 0.376. The Morgan fingerprint density at radius 3 is 2.47 bits per heavy atom. The van der Waals surface area contributed by atoms with Gasteiger partial charge < -0.3 is 9.13 Å². The molecule has 36 heavy (non-hydrogen) atoms. The Morgan fingerprint density at radius 2 is 1.78 bits per heavy atom. The second kappa shape index (κ2) is 9.83. The van der Waals surface area contributed by atoms with Gasteiger partial charge in [-0.15, -0.1) is 0 Å². The average molecular weight is 474 g/mol. The Kier molecular flexibility index (Phi) is 6.43. The highest BCUT2D eigenvalue weighted by molar-refractivity contribution is 5.85. The molecule has 0 saturated heterocycles. The van der Waals surface area contributed by atoms with Gasteiger partial charge in [-0.2, -0.15) is 5.26 Å². The van der Waals surface area contributed by atoms with Gasteiger partial charge in [-0.05, 0) is 67.6 Å². The molecule has 0 aliphatic rings. The van der Waals surface area contributed by atoms with Crippen LogP contribution in [0.15, 0.2) is 73.2 Å². The third-order valence-electron chi connectivity index (χ3n) is 6.74. The predicted octanol–water partition coefficient (Wildman–Crippen LogP) is 7.33. The van der Waals surface area contributed by atoms with Crippen molar-refractivity contribution in [3.8, 4) is 28.5 Å². The number of benzene rings is 3. The van der Waals surface area contributed by atoms with Crippen molar-refractivity contribution < 1.29 is 0 Å². The molecule has 5 nitrogen and oxygen atoms in total. The van der Waals surface area contributed by atoms with Crippen molar-refractivity contribution in [2.45, 2.75) is 53.1 Å². The number of hydrogen-bond acceptors (Lipinski definition) is 3. The van der Waals surface area contributed by atoms with Crippen molar-refractivity contribution >= 4 is 11.0 Å². The molecule has 3 aromatic carbocycles. The molecule has 0 N–H and O–H groups in total. The summed E-state index contributed by atoms with van der Waals surface area (Å²) in [5.74, 6) is 1.11. The number of nitrogens with zero attached hydrogens (tertiary/aromatic N) is 5. The van der Waals surface area contributed by atoms with E-state index < -0.39 is 0 Å². The van der Waals surface area contributed by atoms with Gasteiger partial charge in [-0.25, -0.2) is 9.97 Å². The molecule has 0 amide bonds. The van der Waals surface area contributed by atoms with Crippen LogP contribution in [0.1, 0.15) is 55.7 Å². The van der Waals surface area contributed by atoms with Crippen LogP contribution in [0, 0.1) is 18.3 Å². The molecule has 0 bridgehead atoms. The summed E-state index contributed by atoms with van der Waals surface area (Å²) in [4.78, 5) is 9.73. The van der Waals surface area contributed by atoms with Crippen LogP contribution >= 0.6 is 0 Å². The summed E-state index contributed by atoms with van der Waals surface area (Å²) in [5.41, 5.74) is 9.39. The Bertz CT molecular complexity index is 1560. The molecule has 0 saturated carbocycles. The largest absolute Gasteiger partial charge is 0.334 e. The first-order chi connectivity index (χ1) is 17.5. The standard InChI is InChI=1S/C31H31N5/c1-5-8-30-34-31-22(4)15-26(28-19-35(20-33-28)21(2)3)16-29(31)36(30)18-23-11-13-24(14-12-23)27-10-7-6-9-25(27)17-32/h6-7,9-16,19-21H,5,8,18H2,1-4H3. The molecular weight excluding hydrogens is 442 g/mol. The maximum absolute atomic E-state index is 9.48. The van der Waals surface area contributed by atoms with Crippen LogP contribution in [0.2, 0.25) is 0 Å². The van der Waals surface area contributed by atoms with Crippen LogP contribution in [-0.2, 0) is 13.0 Å². The zero-order valence-corrected chi connectivity index (χ0v) is 21.4. The van der Waals surface area contributed by atoms with Crippen LogP contribution in [-0.4, -0.2) is 19.1 Å². The molecule has 0 atom stereocenters. The molecule has 0 aliphatic heterocycles. The normalized spacial score (nSPS) is 11.3. The van der Waals surface area contributed by atoms with E-state index in [4.69, 9.17) is 4.98 Å². The number of imidazole rings is 2. The molecule has 5 aromatic rings. The maximum Gasteiger partial charge on any atom is 0.110 e. The van der Waals surface area contributed by atoms with E-state index in [1.807, 2.05) is 30.6 Å². The highest BCUT2D eigenvalue weighted by atomic mass is 15.1. The van der Waals surface area contributed by atoms with Crippen molar-refractivity contribution in [3.05, 3.63) is 95.7 Å². The van der Waals surface area contributed by atoms with Crippen LogP contribution in [0.3, 0.4) is 0 Å². The van der Waals surface area contributed by atoms with Crippen molar-refractivity contribution in [3.63, 3.8) is 0 Å².